The highest BCUT2D eigenvalue weighted by Gasteiger charge is 1.97. The van der Waals surface area contributed by atoms with Gasteiger partial charge in [0.15, 0.2) is 0 Å². The first kappa shape index (κ1) is 7.35. The summed E-state index contributed by atoms with van der Waals surface area (Å²) in [7, 11) is 0. The second kappa shape index (κ2) is 3.42. The summed E-state index contributed by atoms with van der Waals surface area (Å²) in [6.45, 7) is 2.00. The number of hydrogen-bond acceptors (Lipinski definition) is 2. The van der Waals surface area contributed by atoms with Crippen LogP contribution in [0.1, 0.15) is 19.1 Å². The number of nitrogens with two attached hydrogens (primary N) is 1. The molecule has 0 unspecified atom stereocenters. The van der Waals surface area contributed by atoms with Crippen LogP contribution >= 0.6 is 0 Å². The molecule has 0 saturated carbocycles. The molecule has 0 saturated heterocycles. The minimum atomic E-state index is 0.269. The van der Waals surface area contributed by atoms with E-state index in [2.05, 4.69) is 0 Å². The molecular weight excluding hydrogens is 126 g/mol. The molecule has 0 fully saturated rings. The van der Waals surface area contributed by atoms with Crippen molar-refractivity contribution in [2.24, 2.45) is 5.73 Å². The van der Waals surface area contributed by atoms with E-state index < -0.39 is 0 Å². The van der Waals surface area contributed by atoms with Gasteiger partial charge in [0.2, 0.25) is 0 Å². The topological polar surface area (TPSA) is 39.2 Å². The molecule has 0 radical (unpaired) electrons. The van der Waals surface area contributed by atoms with Crippen LogP contribution in [0.15, 0.2) is 22.8 Å². The summed E-state index contributed by atoms with van der Waals surface area (Å²) in [5.41, 5.74) is 5.57. The van der Waals surface area contributed by atoms with Crippen molar-refractivity contribution in [3.8, 4) is 0 Å². The van der Waals surface area contributed by atoms with Crippen LogP contribution in [-0.2, 0) is 6.42 Å². The third-order valence-corrected chi connectivity index (χ3v) is 1.43. The van der Waals surface area contributed by atoms with Gasteiger partial charge in [0.05, 0.1) is 6.26 Å². The molecule has 1 heterocycles. The molecule has 1 rings (SSSR count). The Morgan fingerprint density at radius 3 is 3.00 bits per heavy atom. The Morgan fingerprint density at radius 1 is 1.70 bits per heavy atom. The molecule has 2 heteroatoms. The molecule has 1 aromatic rings. The minimum absolute atomic E-state index is 0.269. The highest BCUT2D eigenvalue weighted by Crippen LogP contribution is 2.04. The molecule has 0 bridgehead atoms. The predicted octanol–water partition coefficient (Wildman–Crippen LogP) is 1.56. The lowest BCUT2D eigenvalue weighted by Crippen LogP contribution is -2.15. The first-order valence-corrected chi connectivity index (χ1v) is 3.57. The van der Waals surface area contributed by atoms with Gasteiger partial charge in [-0.25, -0.2) is 0 Å². The summed E-state index contributed by atoms with van der Waals surface area (Å²) in [5.74, 6) is 1.03. The molecule has 0 amide bonds. The Kier molecular flexibility index (Phi) is 2.51. The number of furan rings is 1. The second-order valence-electron chi connectivity index (χ2n) is 2.60. The first-order chi connectivity index (χ1) is 4.79. The fraction of sp³-hybridized carbons (Fsp3) is 0.500. The molecule has 0 aromatic carbocycles. The SMILES string of the molecule is C[C@@H](N)CCc1ccco1. The average molecular weight is 139 g/mol. The van der Waals surface area contributed by atoms with Crippen LogP contribution in [0.2, 0.25) is 0 Å². The second-order valence-corrected chi connectivity index (χ2v) is 2.60. The van der Waals surface area contributed by atoms with Crippen molar-refractivity contribution < 1.29 is 4.42 Å². The molecule has 0 aliphatic rings. The monoisotopic (exact) mass is 139 g/mol. The van der Waals surface area contributed by atoms with E-state index in [9.17, 15) is 0 Å². The van der Waals surface area contributed by atoms with Crippen molar-refractivity contribution in [2.75, 3.05) is 0 Å². The summed E-state index contributed by atoms with van der Waals surface area (Å²) >= 11 is 0. The van der Waals surface area contributed by atoms with E-state index in [-0.39, 0.29) is 6.04 Å². The average Bonchev–Trinajstić information content (AvgIpc) is 2.34. The molecular formula is C8H13NO. The quantitative estimate of drug-likeness (QED) is 0.690. The fourth-order valence-electron chi connectivity index (χ4n) is 0.825. The molecule has 56 valence electrons. The molecule has 0 aliphatic heterocycles. The summed E-state index contributed by atoms with van der Waals surface area (Å²) in [6, 6.07) is 4.14. The largest absolute Gasteiger partial charge is 0.469 e. The number of rotatable bonds is 3. The smallest absolute Gasteiger partial charge is 0.103 e. The molecule has 1 aromatic heterocycles. The van der Waals surface area contributed by atoms with Gasteiger partial charge in [-0.1, -0.05) is 0 Å². The van der Waals surface area contributed by atoms with Crippen LogP contribution in [0.5, 0.6) is 0 Å². The lowest BCUT2D eigenvalue weighted by atomic mass is 10.2. The summed E-state index contributed by atoms with van der Waals surface area (Å²) in [6.07, 6.45) is 3.63. The van der Waals surface area contributed by atoms with Crippen molar-refractivity contribution in [3.05, 3.63) is 24.2 Å². The van der Waals surface area contributed by atoms with Gasteiger partial charge in [0.25, 0.3) is 0 Å². The first-order valence-electron chi connectivity index (χ1n) is 3.57. The van der Waals surface area contributed by atoms with Crippen LogP contribution < -0.4 is 5.73 Å². The zero-order valence-corrected chi connectivity index (χ0v) is 6.21. The standard InChI is InChI=1S/C8H13NO/c1-7(9)4-5-8-3-2-6-10-8/h2-3,6-7H,4-5,9H2,1H3/t7-/m1/s1. The van der Waals surface area contributed by atoms with E-state index in [1.54, 1.807) is 6.26 Å². The molecule has 1 atom stereocenters. The Balaban J connectivity index is 2.28. The van der Waals surface area contributed by atoms with E-state index in [1.165, 1.54) is 0 Å². The molecule has 0 spiro atoms. The molecule has 0 aliphatic carbocycles. The van der Waals surface area contributed by atoms with Crippen molar-refractivity contribution in [1.82, 2.24) is 0 Å². The number of aryl methyl sites for hydroxylation is 1. The van der Waals surface area contributed by atoms with Crippen LogP contribution in [0, 0.1) is 0 Å². The van der Waals surface area contributed by atoms with Gasteiger partial charge < -0.3 is 10.2 Å². The zero-order valence-electron chi connectivity index (χ0n) is 6.21. The minimum Gasteiger partial charge on any atom is -0.469 e. The maximum Gasteiger partial charge on any atom is 0.103 e. The van der Waals surface area contributed by atoms with Crippen LogP contribution in [0.25, 0.3) is 0 Å². The molecule has 10 heavy (non-hydrogen) atoms. The fourth-order valence-corrected chi connectivity index (χ4v) is 0.825. The normalized spacial score (nSPS) is 13.4. The summed E-state index contributed by atoms with van der Waals surface area (Å²) < 4.78 is 5.13. The Morgan fingerprint density at radius 2 is 2.50 bits per heavy atom. The van der Waals surface area contributed by atoms with Gasteiger partial charge in [-0.15, -0.1) is 0 Å². The Bertz CT molecular complexity index is 167. The van der Waals surface area contributed by atoms with E-state index in [1.807, 2.05) is 19.1 Å². The predicted molar refractivity (Wildman–Crippen MR) is 40.7 cm³/mol. The molecule has 2 nitrogen and oxygen atoms in total. The van der Waals surface area contributed by atoms with Crippen LogP contribution in [-0.4, -0.2) is 6.04 Å². The van der Waals surface area contributed by atoms with Crippen LogP contribution in [0.4, 0.5) is 0 Å². The van der Waals surface area contributed by atoms with E-state index in [0.29, 0.717) is 0 Å². The summed E-state index contributed by atoms with van der Waals surface area (Å²) in [5, 5.41) is 0. The number of hydrogen-bond donors (Lipinski definition) is 1. The van der Waals surface area contributed by atoms with Gasteiger partial charge in [0, 0.05) is 12.5 Å². The maximum absolute atomic E-state index is 5.57. The zero-order chi connectivity index (χ0) is 7.40. The van der Waals surface area contributed by atoms with Gasteiger partial charge in [0.1, 0.15) is 5.76 Å². The van der Waals surface area contributed by atoms with Crippen LogP contribution in [0.3, 0.4) is 0 Å². The van der Waals surface area contributed by atoms with Gasteiger partial charge in [-0.3, -0.25) is 0 Å². The highest BCUT2D eigenvalue weighted by atomic mass is 16.3. The summed E-state index contributed by atoms with van der Waals surface area (Å²) in [4.78, 5) is 0. The van der Waals surface area contributed by atoms with Gasteiger partial charge in [-0.2, -0.15) is 0 Å². The van der Waals surface area contributed by atoms with E-state index in [0.717, 1.165) is 18.6 Å². The Hall–Kier alpha value is -0.760. The van der Waals surface area contributed by atoms with Crippen molar-refractivity contribution in [2.45, 2.75) is 25.8 Å². The van der Waals surface area contributed by atoms with Crippen molar-refractivity contribution >= 4 is 0 Å². The van der Waals surface area contributed by atoms with Crippen molar-refractivity contribution in [1.29, 1.82) is 0 Å². The van der Waals surface area contributed by atoms with E-state index >= 15 is 0 Å². The Labute approximate surface area is 61.0 Å². The highest BCUT2D eigenvalue weighted by molar-refractivity contribution is 4.98. The van der Waals surface area contributed by atoms with Gasteiger partial charge >= 0.3 is 0 Å². The third kappa shape index (κ3) is 2.23. The lowest BCUT2D eigenvalue weighted by Gasteiger charge is -2.00. The van der Waals surface area contributed by atoms with E-state index in [4.69, 9.17) is 10.2 Å². The van der Waals surface area contributed by atoms with Gasteiger partial charge in [-0.05, 0) is 25.5 Å². The lowest BCUT2D eigenvalue weighted by molar-refractivity contribution is 0.491. The maximum atomic E-state index is 5.57. The molecule has 2 N–H and O–H groups in total. The third-order valence-electron chi connectivity index (χ3n) is 1.43. The van der Waals surface area contributed by atoms with Crippen molar-refractivity contribution in [3.63, 3.8) is 0 Å².